The molecule has 0 fully saturated rings. The number of aromatic hydroxyl groups is 1. The Balaban J connectivity index is 0. The lowest BCUT2D eigenvalue weighted by atomic mass is 10.2. The minimum Gasteiger partial charge on any atom is -0.506 e. The van der Waals surface area contributed by atoms with Crippen LogP contribution in [0.15, 0.2) is 43.0 Å². The number of hydrogen-bond acceptors (Lipinski definition) is 5. The fourth-order valence-corrected chi connectivity index (χ4v) is 1.06. The van der Waals surface area contributed by atoms with Gasteiger partial charge in [0.2, 0.25) is 0 Å². The molecule has 0 aliphatic heterocycles. The van der Waals surface area contributed by atoms with Crippen molar-refractivity contribution in [1.29, 1.82) is 0 Å². The molecule has 0 aromatic carbocycles. The summed E-state index contributed by atoms with van der Waals surface area (Å²) in [5.74, 6) is 0.544. The highest BCUT2D eigenvalue weighted by atomic mass is 16.3. The summed E-state index contributed by atoms with van der Waals surface area (Å²) in [7, 11) is 0. The molecule has 126 valence electrons. The van der Waals surface area contributed by atoms with E-state index in [-0.39, 0.29) is 17.3 Å². The second-order valence-electron chi connectivity index (χ2n) is 5.07. The number of ketones is 2. The lowest BCUT2D eigenvalue weighted by Gasteiger charge is -1.89. The van der Waals surface area contributed by atoms with Crippen molar-refractivity contribution in [3.05, 3.63) is 54.1 Å². The summed E-state index contributed by atoms with van der Waals surface area (Å²) in [6.45, 7) is 10.2. The monoisotopic (exact) mass is 318 g/mol. The van der Waals surface area contributed by atoms with E-state index in [1.807, 2.05) is 26.2 Å². The second-order valence-corrected chi connectivity index (χ2v) is 5.07. The highest BCUT2D eigenvalue weighted by Gasteiger charge is 1.82. The van der Waals surface area contributed by atoms with Crippen LogP contribution in [-0.4, -0.2) is 26.6 Å². The molecule has 0 aliphatic carbocycles. The summed E-state index contributed by atoms with van der Waals surface area (Å²) in [5.41, 5.74) is 2.45. The van der Waals surface area contributed by atoms with Gasteiger partial charge >= 0.3 is 0 Å². The molecule has 2 aromatic rings. The van der Waals surface area contributed by atoms with Crippen LogP contribution in [0, 0.1) is 13.8 Å². The predicted molar refractivity (Wildman–Crippen MR) is 92.3 cm³/mol. The molecule has 23 heavy (non-hydrogen) atoms. The Morgan fingerprint density at radius 2 is 1.30 bits per heavy atom. The first-order valence-corrected chi connectivity index (χ1v) is 7.06. The van der Waals surface area contributed by atoms with E-state index in [9.17, 15) is 9.59 Å². The predicted octanol–water partition coefficient (Wildman–Crippen LogP) is 3.68. The first kappa shape index (κ1) is 22.7. The Morgan fingerprint density at radius 1 is 0.870 bits per heavy atom. The maximum atomic E-state index is 9.44. The van der Waals surface area contributed by atoms with Crippen LogP contribution >= 0.6 is 0 Å². The molecule has 0 saturated carbocycles. The number of rotatable bonds is 0. The molecular weight excluding hydrogens is 292 g/mol. The van der Waals surface area contributed by atoms with Gasteiger partial charge in [0.15, 0.2) is 0 Å². The second kappa shape index (κ2) is 14.4. The third kappa shape index (κ3) is 24.8. The number of Topliss-reactive ketones (excluding diaryl/α,β-unsaturated/α-hetero) is 2. The third-order valence-corrected chi connectivity index (χ3v) is 1.66. The maximum absolute atomic E-state index is 9.44. The molecular formula is C18H26N2O3. The number of nitrogens with zero attached hydrogens (tertiary/aromatic N) is 2. The number of carbonyl (C=O) groups excluding carboxylic acids is 2. The number of aromatic nitrogens is 2. The number of aryl methyl sites for hydroxylation is 2. The van der Waals surface area contributed by atoms with Gasteiger partial charge in [0.25, 0.3) is 0 Å². The van der Waals surface area contributed by atoms with Crippen molar-refractivity contribution in [3.63, 3.8) is 0 Å². The summed E-state index contributed by atoms with van der Waals surface area (Å²) in [4.78, 5) is 26.5. The molecule has 0 saturated heterocycles. The zero-order valence-electron chi connectivity index (χ0n) is 14.7. The van der Waals surface area contributed by atoms with Crippen LogP contribution in [0.4, 0.5) is 0 Å². The van der Waals surface area contributed by atoms with Crippen molar-refractivity contribution in [2.45, 2.75) is 41.5 Å². The Bertz CT molecular complexity index is 532. The quantitative estimate of drug-likeness (QED) is 0.801. The van der Waals surface area contributed by atoms with E-state index in [1.54, 1.807) is 18.3 Å². The Labute approximate surface area is 138 Å². The standard InChI is InChI=1S/C7H9N.C5H5NO.2C3H6O/c1-6-3-7(2)5-8-4-6;7-5-2-1-3-6-4-5;2*1-3(2)4/h3-5H,1-2H3;1-4,7H;2*1-2H3. The van der Waals surface area contributed by atoms with Gasteiger partial charge in [0.05, 0.1) is 6.20 Å². The van der Waals surface area contributed by atoms with E-state index >= 15 is 0 Å². The zero-order valence-corrected chi connectivity index (χ0v) is 14.7. The van der Waals surface area contributed by atoms with E-state index < -0.39 is 0 Å². The molecule has 2 aromatic heterocycles. The van der Waals surface area contributed by atoms with E-state index in [4.69, 9.17) is 5.11 Å². The topological polar surface area (TPSA) is 80.2 Å². The van der Waals surface area contributed by atoms with Crippen molar-refractivity contribution in [1.82, 2.24) is 9.97 Å². The van der Waals surface area contributed by atoms with Gasteiger partial charge in [-0.2, -0.15) is 0 Å². The zero-order chi connectivity index (χ0) is 18.3. The smallest absolute Gasteiger partial charge is 0.133 e. The number of hydrogen-bond donors (Lipinski definition) is 1. The Kier molecular flexibility index (Phi) is 14.2. The van der Waals surface area contributed by atoms with Gasteiger partial charge in [-0.3, -0.25) is 9.97 Å². The fraction of sp³-hybridized carbons (Fsp3) is 0.333. The van der Waals surface area contributed by atoms with E-state index in [1.165, 1.54) is 45.0 Å². The summed E-state index contributed by atoms with van der Waals surface area (Å²) in [5, 5.41) is 8.57. The largest absolute Gasteiger partial charge is 0.506 e. The Morgan fingerprint density at radius 3 is 1.48 bits per heavy atom. The normalized spacial score (nSPS) is 8.09. The highest BCUT2D eigenvalue weighted by molar-refractivity contribution is 5.72. The van der Waals surface area contributed by atoms with E-state index in [2.05, 4.69) is 16.0 Å². The van der Waals surface area contributed by atoms with Crippen molar-refractivity contribution in [2.24, 2.45) is 0 Å². The average molecular weight is 318 g/mol. The minimum absolute atomic E-state index is 0.167. The molecule has 2 rings (SSSR count). The van der Waals surface area contributed by atoms with Gasteiger partial charge in [-0.05, 0) is 64.8 Å². The summed E-state index contributed by atoms with van der Waals surface area (Å²) >= 11 is 0. The summed E-state index contributed by atoms with van der Waals surface area (Å²) in [6.07, 6.45) is 6.71. The molecule has 0 radical (unpaired) electrons. The lowest BCUT2D eigenvalue weighted by Crippen LogP contribution is -1.76. The molecule has 5 heteroatoms. The molecule has 2 heterocycles. The first-order chi connectivity index (χ1) is 10.6. The van der Waals surface area contributed by atoms with Crippen LogP contribution in [0.2, 0.25) is 0 Å². The van der Waals surface area contributed by atoms with Crippen LogP contribution in [-0.2, 0) is 9.59 Å². The molecule has 0 unspecified atom stereocenters. The average Bonchev–Trinajstić information content (AvgIpc) is 2.38. The van der Waals surface area contributed by atoms with Crippen LogP contribution in [0.5, 0.6) is 5.75 Å². The van der Waals surface area contributed by atoms with Crippen LogP contribution in [0.3, 0.4) is 0 Å². The van der Waals surface area contributed by atoms with Crippen molar-refractivity contribution in [3.8, 4) is 5.75 Å². The van der Waals surface area contributed by atoms with Crippen LogP contribution < -0.4 is 0 Å². The SMILES string of the molecule is CC(C)=O.CC(C)=O.Cc1cncc(C)c1.Oc1cccnc1. The molecule has 0 spiro atoms. The minimum atomic E-state index is 0.167. The van der Waals surface area contributed by atoms with Gasteiger partial charge in [-0.1, -0.05) is 6.07 Å². The van der Waals surface area contributed by atoms with Crippen LogP contribution in [0.1, 0.15) is 38.8 Å². The fourth-order valence-electron chi connectivity index (χ4n) is 1.06. The van der Waals surface area contributed by atoms with Gasteiger partial charge in [-0.15, -0.1) is 0 Å². The molecule has 0 atom stereocenters. The van der Waals surface area contributed by atoms with E-state index in [0.717, 1.165) is 0 Å². The van der Waals surface area contributed by atoms with Gasteiger partial charge in [0.1, 0.15) is 17.3 Å². The van der Waals surface area contributed by atoms with Crippen molar-refractivity contribution >= 4 is 11.6 Å². The Hall–Kier alpha value is -2.56. The lowest BCUT2D eigenvalue weighted by molar-refractivity contribution is -0.115. The van der Waals surface area contributed by atoms with Gasteiger partial charge in [-0.25, -0.2) is 0 Å². The van der Waals surface area contributed by atoms with Crippen LogP contribution in [0.25, 0.3) is 0 Å². The summed E-state index contributed by atoms with van der Waals surface area (Å²) < 4.78 is 0. The number of pyridine rings is 2. The van der Waals surface area contributed by atoms with Gasteiger partial charge in [0, 0.05) is 18.6 Å². The first-order valence-electron chi connectivity index (χ1n) is 7.06. The van der Waals surface area contributed by atoms with E-state index in [0.29, 0.717) is 0 Å². The molecule has 0 amide bonds. The molecule has 0 aliphatic rings. The molecule has 5 nitrogen and oxygen atoms in total. The third-order valence-electron chi connectivity index (χ3n) is 1.66. The summed E-state index contributed by atoms with van der Waals surface area (Å²) in [6, 6.07) is 5.36. The van der Waals surface area contributed by atoms with Crippen molar-refractivity contribution < 1.29 is 14.7 Å². The van der Waals surface area contributed by atoms with Gasteiger partial charge < -0.3 is 14.7 Å². The molecule has 1 N–H and O–H groups in total. The number of carbonyl (C=O) groups is 2. The maximum Gasteiger partial charge on any atom is 0.133 e. The highest BCUT2D eigenvalue weighted by Crippen LogP contribution is 1.99. The van der Waals surface area contributed by atoms with Crippen molar-refractivity contribution in [2.75, 3.05) is 0 Å². The molecule has 0 bridgehead atoms.